The minimum absolute atomic E-state index is 1.04. The molecule has 0 spiro atoms. The van der Waals surface area contributed by atoms with Gasteiger partial charge in [-0.25, -0.2) is 0 Å². The lowest BCUT2D eigenvalue weighted by Crippen LogP contribution is -2.18. The summed E-state index contributed by atoms with van der Waals surface area (Å²) in [5, 5.41) is 0. The van der Waals surface area contributed by atoms with Gasteiger partial charge in [0.2, 0.25) is 0 Å². The van der Waals surface area contributed by atoms with E-state index in [1.165, 1.54) is 42.6 Å². The summed E-state index contributed by atoms with van der Waals surface area (Å²) >= 11 is 0. The third-order valence-corrected chi connectivity index (χ3v) is 3.56. The van der Waals surface area contributed by atoms with Crippen LogP contribution in [0.3, 0.4) is 0 Å². The first-order valence-electron chi connectivity index (χ1n) is 6.70. The minimum Gasteiger partial charge on any atom is -0.299 e. The summed E-state index contributed by atoms with van der Waals surface area (Å²) in [5.74, 6) is 0. The van der Waals surface area contributed by atoms with Gasteiger partial charge in [-0.15, -0.1) is 0 Å². The smallest absolute Gasteiger partial charge is 0.0240 e. The van der Waals surface area contributed by atoms with Gasteiger partial charge in [0.1, 0.15) is 0 Å². The molecule has 18 heavy (non-hydrogen) atoms. The Kier molecular flexibility index (Phi) is 3.42. The van der Waals surface area contributed by atoms with Gasteiger partial charge in [0, 0.05) is 6.54 Å². The van der Waals surface area contributed by atoms with Crippen LogP contribution in [0.2, 0.25) is 0 Å². The molecule has 0 saturated carbocycles. The van der Waals surface area contributed by atoms with Crippen LogP contribution in [0.1, 0.15) is 18.4 Å². The largest absolute Gasteiger partial charge is 0.299 e. The van der Waals surface area contributed by atoms with E-state index >= 15 is 0 Å². The lowest BCUT2D eigenvalue weighted by atomic mass is 10.0. The Morgan fingerprint density at radius 1 is 0.944 bits per heavy atom. The Labute approximate surface area is 109 Å². The van der Waals surface area contributed by atoms with Crippen molar-refractivity contribution >= 4 is 0 Å². The topological polar surface area (TPSA) is 3.24 Å². The molecular formula is C17H18N. The SMILES string of the molecule is [c]1ccc(-c2ccccc2)cc1CN1CCCC1. The Balaban J connectivity index is 1.80. The van der Waals surface area contributed by atoms with Crippen molar-refractivity contribution < 1.29 is 0 Å². The number of hydrogen-bond donors (Lipinski definition) is 0. The minimum atomic E-state index is 1.04. The maximum absolute atomic E-state index is 3.36. The molecule has 2 aromatic carbocycles. The summed E-state index contributed by atoms with van der Waals surface area (Å²) in [5.41, 5.74) is 3.89. The zero-order valence-corrected chi connectivity index (χ0v) is 10.6. The van der Waals surface area contributed by atoms with Gasteiger partial charge in [-0.2, -0.15) is 0 Å². The number of benzene rings is 2. The first-order chi connectivity index (χ1) is 8.92. The molecule has 1 aliphatic rings. The normalized spacial score (nSPS) is 16.0. The first kappa shape index (κ1) is 11.5. The number of likely N-dealkylation sites (tertiary alicyclic amines) is 1. The molecule has 1 heteroatoms. The first-order valence-corrected chi connectivity index (χ1v) is 6.70. The van der Waals surface area contributed by atoms with Gasteiger partial charge in [0.25, 0.3) is 0 Å². The quantitative estimate of drug-likeness (QED) is 0.784. The van der Waals surface area contributed by atoms with Crippen LogP contribution < -0.4 is 0 Å². The van der Waals surface area contributed by atoms with Crippen LogP contribution >= 0.6 is 0 Å². The molecule has 1 nitrogen and oxygen atoms in total. The van der Waals surface area contributed by atoms with Crippen LogP contribution in [0.4, 0.5) is 0 Å². The van der Waals surface area contributed by atoms with Crippen molar-refractivity contribution in [2.45, 2.75) is 19.4 Å². The molecule has 0 aliphatic carbocycles. The molecule has 1 fully saturated rings. The molecule has 0 aromatic heterocycles. The molecule has 0 atom stereocenters. The van der Waals surface area contributed by atoms with Crippen molar-refractivity contribution in [3.05, 3.63) is 60.2 Å². The predicted octanol–water partition coefficient (Wildman–Crippen LogP) is 3.75. The van der Waals surface area contributed by atoms with Gasteiger partial charge < -0.3 is 0 Å². The van der Waals surface area contributed by atoms with Gasteiger partial charge in [-0.3, -0.25) is 4.90 Å². The molecule has 1 heterocycles. The highest BCUT2D eigenvalue weighted by Crippen LogP contribution is 2.21. The average Bonchev–Trinajstić information content (AvgIpc) is 2.93. The van der Waals surface area contributed by atoms with Crippen LogP contribution in [0, 0.1) is 6.07 Å². The highest BCUT2D eigenvalue weighted by Gasteiger charge is 2.11. The molecular weight excluding hydrogens is 218 g/mol. The average molecular weight is 236 g/mol. The Morgan fingerprint density at radius 2 is 1.72 bits per heavy atom. The standard InChI is InChI=1S/C17H18N/c1-2-8-16(9-3-1)17-10-6-7-15(13-17)14-18-11-4-5-12-18/h1-3,6,8-10,13H,4-5,11-12,14H2. The second-order valence-corrected chi connectivity index (χ2v) is 4.95. The third kappa shape index (κ3) is 2.62. The van der Waals surface area contributed by atoms with Gasteiger partial charge in [0.05, 0.1) is 0 Å². The second-order valence-electron chi connectivity index (χ2n) is 4.95. The molecule has 1 radical (unpaired) electrons. The summed E-state index contributed by atoms with van der Waals surface area (Å²) in [6.45, 7) is 3.52. The molecule has 0 bridgehead atoms. The van der Waals surface area contributed by atoms with Crippen molar-refractivity contribution in [2.24, 2.45) is 0 Å². The summed E-state index contributed by atoms with van der Waals surface area (Å²) in [6.07, 6.45) is 2.69. The molecule has 2 aromatic rings. The van der Waals surface area contributed by atoms with E-state index in [1.54, 1.807) is 0 Å². The van der Waals surface area contributed by atoms with E-state index in [0.29, 0.717) is 0 Å². The van der Waals surface area contributed by atoms with E-state index in [-0.39, 0.29) is 0 Å². The van der Waals surface area contributed by atoms with E-state index in [4.69, 9.17) is 0 Å². The number of hydrogen-bond acceptors (Lipinski definition) is 1. The van der Waals surface area contributed by atoms with E-state index in [0.717, 1.165) is 6.54 Å². The predicted molar refractivity (Wildman–Crippen MR) is 75.2 cm³/mol. The Bertz CT molecular complexity index is 498. The van der Waals surface area contributed by atoms with Crippen molar-refractivity contribution in [1.29, 1.82) is 0 Å². The fourth-order valence-electron chi connectivity index (χ4n) is 2.60. The number of rotatable bonds is 3. The highest BCUT2D eigenvalue weighted by molar-refractivity contribution is 5.63. The van der Waals surface area contributed by atoms with Crippen LogP contribution in [0.25, 0.3) is 11.1 Å². The zero-order valence-electron chi connectivity index (χ0n) is 10.6. The Hall–Kier alpha value is -1.60. The van der Waals surface area contributed by atoms with E-state index in [1.807, 2.05) is 6.07 Å². The Morgan fingerprint density at radius 3 is 2.50 bits per heavy atom. The van der Waals surface area contributed by atoms with Crippen molar-refractivity contribution in [3.63, 3.8) is 0 Å². The van der Waals surface area contributed by atoms with E-state index < -0.39 is 0 Å². The molecule has 0 amide bonds. The third-order valence-electron chi connectivity index (χ3n) is 3.56. The molecule has 91 valence electrons. The van der Waals surface area contributed by atoms with Gasteiger partial charge in [0.15, 0.2) is 0 Å². The highest BCUT2D eigenvalue weighted by atomic mass is 15.1. The summed E-state index contributed by atoms with van der Waals surface area (Å²) in [7, 11) is 0. The molecule has 1 aliphatic heterocycles. The molecule has 1 saturated heterocycles. The lowest BCUT2D eigenvalue weighted by Gasteiger charge is -2.14. The van der Waals surface area contributed by atoms with Gasteiger partial charge >= 0.3 is 0 Å². The summed E-state index contributed by atoms with van der Waals surface area (Å²) in [4.78, 5) is 2.51. The van der Waals surface area contributed by atoms with Crippen LogP contribution in [0.5, 0.6) is 0 Å². The summed E-state index contributed by atoms with van der Waals surface area (Å²) in [6, 6.07) is 20.4. The van der Waals surface area contributed by atoms with Crippen LogP contribution in [-0.2, 0) is 6.54 Å². The lowest BCUT2D eigenvalue weighted by molar-refractivity contribution is 0.331. The number of nitrogens with zero attached hydrogens (tertiary/aromatic N) is 1. The van der Waals surface area contributed by atoms with Gasteiger partial charge in [-0.05, 0) is 54.8 Å². The summed E-state index contributed by atoms with van der Waals surface area (Å²) < 4.78 is 0. The monoisotopic (exact) mass is 236 g/mol. The molecule has 0 N–H and O–H groups in total. The molecule has 0 unspecified atom stereocenters. The van der Waals surface area contributed by atoms with Crippen molar-refractivity contribution in [3.8, 4) is 11.1 Å². The van der Waals surface area contributed by atoms with Crippen molar-refractivity contribution in [1.82, 2.24) is 4.90 Å². The zero-order chi connectivity index (χ0) is 12.2. The maximum Gasteiger partial charge on any atom is 0.0240 e. The van der Waals surface area contributed by atoms with Crippen LogP contribution in [0.15, 0.2) is 48.5 Å². The fourth-order valence-corrected chi connectivity index (χ4v) is 2.60. The second kappa shape index (κ2) is 5.36. The van der Waals surface area contributed by atoms with Gasteiger partial charge in [-0.1, -0.05) is 42.5 Å². The molecule has 3 rings (SSSR count). The fraction of sp³-hybridized carbons (Fsp3) is 0.294. The van der Waals surface area contributed by atoms with Crippen LogP contribution in [-0.4, -0.2) is 18.0 Å². The van der Waals surface area contributed by atoms with Crippen molar-refractivity contribution in [2.75, 3.05) is 13.1 Å². The van der Waals surface area contributed by atoms with E-state index in [2.05, 4.69) is 53.4 Å². The van der Waals surface area contributed by atoms with E-state index in [9.17, 15) is 0 Å². The maximum atomic E-state index is 3.36.